The Kier molecular flexibility index (Phi) is 3.37. The molecule has 0 fully saturated rings. The van der Waals surface area contributed by atoms with E-state index in [9.17, 15) is 0 Å². The zero-order chi connectivity index (χ0) is 11.7. The topological polar surface area (TPSA) is 22.8 Å². The second kappa shape index (κ2) is 4.61. The first-order valence-corrected chi connectivity index (χ1v) is 6.46. The molecule has 0 unspecified atom stereocenters. The summed E-state index contributed by atoms with van der Waals surface area (Å²) >= 11 is 2.26. The van der Waals surface area contributed by atoms with Crippen molar-refractivity contribution in [3.05, 3.63) is 39.2 Å². The van der Waals surface area contributed by atoms with Gasteiger partial charge in [0.1, 0.15) is 0 Å². The zero-order valence-electron chi connectivity index (χ0n) is 9.87. The largest absolute Gasteiger partial charge is 0.349 e. The van der Waals surface area contributed by atoms with Gasteiger partial charge in [0, 0.05) is 37.6 Å². The molecule has 2 aromatic heterocycles. The molecule has 3 nitrogen and oxygen atoms in total. The second-order valence-corrected chi connectivity index (χ2v) is 5.09. The van der Waals surface area contributed by atoms with Gasteiger partial charge in [-0.05, 0) is 48.6 Å². The van der Waals surface area contributed by atoms with E-state index in [0.29, 0.717) is 0 Å². The normalized spacial score (nSPS) is 11.0. The zero-order valence-corrected chi connectivity index (χ0v) is 12.0. The molecule has 0 atom stereocenters. The van der Waals surface area contributed by atoms with Crippen LogP contribution in [-0.4, -0.2) is 14.1 Å². The van der Waals surface area contributed by atoms with E-state index in [1.807, 2.05) is 7.05 Å². The molecule has 86 valence electrons. The quantitative estimate of drug-likeness (QED) is 0.794. The van der Waals surface area contributed by atoms with Crippen LogP contribution in [0.3, 0.4) is 0 Å². The standard InChI is InChI=1S/C12H16IN3/c1-9-4-5-10(2)16(9)7-6-11-8-15(3)12(13)14-11/h4-5,8H,6-7H2,1-3H3. The van der Waals surface area contributed by atoms with Gasteiger partial charge < -0.3 is 9.13 Å². The van der Waals surface area contributed by atoms with Gasteiger partial charge in [0.05, 0.1) is 5.69 Å². The molecule has 0 aliphatic rings. The summed E-state index contributed by atoms with van der Waals surface area (Å²) < 4.78 is 5.45. The van der Waals surface area contributed by atoms with Crippen LogP contribution in [0.2, 0.25) is 0 Å². The van der Waals surface area contributed by atoms with Crippen molar-refractivity contribution < 1.29 is 0 Å². The Hall–Kier alpha value is -0.780. The summed E-state index contributed by atoms with van der Waals surface area (Å²) in [5.74, 6) is 0. The molecule has 0 N–H and O–H groups in total. The van der Waals surface area contributed by atoms with Gasteiger partial charge >= 0.3 is 0 Å². The summed E-state index contributed by atoms with van der Waals surface area (Å²) in [5, 5.41) is 0. The Morgan fingerprint density at radius 2 is 1.88 bits per heavy atom. The van der Waals surface area contributed by atoms with E-state index >= 15 is 0 Å². The van der Waals surface area contributed by atoms with Crippen LogP contribution in [0.5, 0.6) is 0 Å². The molecule has 0 aliphatic carbocycles. The smallest absolute Gasteiger partial charge is 0.171 e. The molecule has 0 radical (unpaired) electrons. The van der Waals surface area contributed by atoms with Crippen molar-refractivity contribution in [1.29, 1.82) is 0 Å². The highest BCUT2D eigenvalue weighted by atomic mass is 127. The summed E-state index contributed by atoms with van der Waals surface area (Å²) in [6.07, 6.45) is 3.10. The summed E-state index contributed by atoms with van der Waals surface area (Å²) in [7, 11) is 2.03. The molecule has 0 amide bonds. The molecule has 0 aromatic carbocycles. The molecule has 0 bridgehead atoms. The first-order valence-electron chi connectivity index (χ1n) is 5.38. The summed E-state index contributed by atoms with van der Waals surface area (Å²) in [6.45, 7) is 5.31. The van der Waals surface area contributed by atoms with E-state index in [4.69, 9.17) is 0 Å². The average Bonchev–Trinajstić information content (AvgIpc) is 2.70. The van der Waals surface area contributed by atoms with Crippen molar-refractivity contribution in [2.45, 2.75) is 26.8 Å². The van der Waals surface area contributed by atoms with Crippen LogP contribution in [0.1, 0.15) is 17.1 Å². The molecular formula is C12H16IN3. The number of hydrogen-bond acceptors (Lipinski definition) is 1. The number of aryl methyl sites for hydroxylation is 4. The number of rotatable bonds is 3. The first-order chi connectivity index (χ1) is 7.58. The maximum atomic E-state index is 4.51. The Bertz CT molecular complexity index is 457. The minimum absolute atomic E-state index is 0.993. The summed E-state index contributed by atoms with van der Waals surface area (Å²) in [4.78, 5) is 4.51. The molecular weight excluding hydrogens is 313 g/mol. The minimum Gasteiger partial charge on any atom is -0.349 e. The van der Waals surface area contributed by atoms with Crippen molar-refractivity contribution in [3.8, 4) is 0 Å². The van der Waals surface area contributed by atoms with E-state index in [0.717, 1.165) is 16.8 Å². The van der Waals surface area contributed by atoms with Crippen molar-refractivity contribution in [2.24, 2.45) is 7.05 Å². The van der Waals surface area contributed by atoms with Crippen LogP contribution in [0.4, 0.5) is 0 Å². The van der Waals surface area contributed by atoms with Gasteiger partial charge in [0.25, 0.3) is 0 Å². The predicted molar refractivity (Wildman–Crippen MR) is 73.5 cm³/mol. The highest BCUT2D eigenvalue weighted by Crippen LogP contribution is 2.10. The van der Waals surface area contributed by atoms with E-state index in [1.165, 1.54) is 17.1 Å². The lowest BCUT2D eigenvalue weighted by atomic mass is 10.3. The van der Waals surface area contributed by atoms with E-state index in [1.54, 1.807) is 0 Å². The van der Waals surface area contributed by atoms with Crippen LogP contribution in [0, 0.1) is 17.7 Å². The molecule has 0 aliphatic heterocycles. The number of halogens is 1. The van der Waals surface area contributed by atoms with Crippen LogP contribution in [0.25, 0.3) is 0 Å². The Labute approximate surface area is 110 Å². The summed E-state index contributed by atoms with van der Waals surface area (Å²) in [6, 6.07) is 4.33. The number of nitrogens with zero attached hydrogens (tertiary/aromatic N) is 3. The molecule has 4 heteroatoms. The van der Waals surface area contributed by atoms with Gasteiger partial charge in [-0.2, -0.15) is 0 Å². The van der Waals surface area contributed by atoms with Crippen LogP contribution in [-0.2, 0) is 20.0 Å². The Morgan fingerprint density at radius 1 is 1.25 bits per heavy atom. The highest BCUT2D eigenvalue weighted by molar-refractivity contribution is 14.1. The van der Waals surface area contributed by atoms with E-state index in [-0.39, 0.29) is 0 Å². The third-order valence-corrected chi connectivity index (χ3v) is 3.88. The highest BCUT2D eigenvalue weighted by Gasteiger charge is 2.04. The number of hydrogen-bond donors (Lipinski definition) is 0. The fourth-order valence-electron chi connectivity index (χ4n) is 1.90. The van der Waals surface area contributed by atoms with Gasteiger partial charge in [0.2, 0.25) is 0 Å². The first kappa shape index (κ1) is 11.7. The van der Waals surface area contributed by atoms with Crippen molar-refractivity contribution in [3.63, 3.8) is 0 Å². The average molecular weight is 329 g/mol. The SMILES string of the molecule is Cc1ccc(C)n1CCc1cn(C)c(I)n1. The van der Waals surface area contributed by atoms with Gasteiger partial charge in [-0.1, -0.05) is 0 Å². The maximum absolute atomic E-state index is 4.51. The Balaban J connectivity index is 2.08. The lowest BCUT2D eigenvalue weighted by Crippen LogP contribution is -2.05. The lowest BCUT2D eigenvalue weighted by molar-refractivity contribution is 0.656. The monoisotopic (exact) mass is 329 g/mol. The third-order valence-electron chi connectivity index (χ3n) is 2.88. The fraction of sp³-hybridized carbons (Fsp3) is 0.417. The molecule has 16 heavy (non-hydrogen) atoms. The van der Waals surface area contributed by atoms with Gasteiger partial charge in [-0.15, -0.1) is 0 Å². The molecule has 2 aromatic rings. The van der Waals surface area contributed by atoms with Crippen LogP contribution < -0.4 is 0 Å². The summed E-state index contributed by atoms with van der Waals surface area (Å²) in [5.41, 5.74) is 3.81. The third kappa shape index (κ3) is 2.31. The predicted octanol–water partition coefficient (Wildman–Crippen LogP) is 2.69. The van der Waals surface area contributed by atoms with Gasteiger partial charge in [-0.25, -0.2) is 4.98 Å². The molecule has 0 saturated heterocycles. The number of imidazole rings is 1. The van der Waals surface area contributed by atoms with Crippen molar-refractivity contribution >= 4 is 22.6 Å². The maximum Gasteiger partial charge on any atom is 0.171 e. The van der Waals surface area contributed by atoms with Crippen molar-refractivity contribution in [1.82, 2.24) is 14.1 Å². The van der Waals surface area contributed by atoms with E-state index < -0.39 is 0 Å². The molecule has 2 heterocycles. The van der Waals surface area contributed by atoms with Crippen LogP contribution >= 0.6 is 22.6 Å². The number of aromatic nitrogens is 3. The van der Waals surface area contributed by atoms with Gasteiger partial charge in [-0.3, -0.25) is 0 Å². The second-order valence-electron chi connectivity index (χ2n) is 4.13. The molecule has 0 spiro atoms. The van der Waals surface area contributed by atoms with E-state index in [2.05, 4.69) is 68.9 Å². The molecule has 0 saturated carbocycles. The van der Waals surface area contributed by atoms with Crippen molar-refractivity contribution in [2.75, 3.05) is 0 Å². The fourth-order valence-corrected chi connectivity index (χ4v) is 2.35. The molecule has 2 rings (SSSR count). The van der Waals surface area contributed by atoms with Crippen LogP contribution in [0.15, 0.2) is 18.3 Å². The lowest BCUT2D eigenvalue weighted by Gasteiger charge is -2.07. The minimum atomic E-state index is 0.993. The van der Waals surface area contributed by atoms with Gasteiger partial charge in [0.15, 0.2) is 3.83 Å². The Morgan fingerprint density at radius 3 is 2.38 bits per heavy atom.